The molecule has 2 aromatic rings. The fourth-order valence-electron chi connectivity index (χ4n) is 1.35. The summed E-state index contributed by atoms with van der Waals surface area (Å²) in [5.74, 6) is 0.551. The van der Waals surface area contributed by atoms with Crippen LogP contribution >= 0.6 is 11.6 Å². The fourth-order valence-corrected chi connectivity index (χ4v) is 1.49. The van der Waals surface area contributed by atoms with Gasteiger partial charge >= 0.3 is 0 Å². The first kappa shape index (κ1) is 12.3. The van der Waals surface area contributed by atoms with E-state index >= 15 is 0 Å². The van der Waals surface area contributed by atoms with E-state index in [0.29, 0.717) is 11.3 Å². The number of nitro groups is 1. The van der Waals surface area contributed by atoms with Gasteiger partial charge in [-0.2, -0.15) is 4.98 Å². The lowest BCUT2D eigenvalue weighted by Gasteiger charge is -2.05. The Morgan fingerprint density at radius 3 is 2.83 bits per heavy atom. The number of rotatable bonds is 3. The number of ether oxygens (including phenoxy) is 1. The molecule has 0 radical (unpaired) electrons. The van der Waals surface area contributed by atoms with Crippen molar-refractivity contribution in [3.63, 3.8) is 0 Å². The van der Waals surface area contributed by atoms with E-state index in [9.17, 15) is 10.1 Å². The van der Waals surface area contributed by atoms with Gasteiger partial charge in [-0.15, -0.1) is 0 Å². The summed E-state index contributed by atoms with van der Waals surface area (Å²) in [6, 6.07) is 6.08. The minimum atomic E-state index is -0.463. The van der Waals surface area contributed by atoms with Crippen molar-refractivity contribution in [1.82, 2.24) is 9.97 Å². The van der Waals surface area contributed by atoms with Gasteiger partial charge < -0.3 is 4.74 Å². The molecular formula is C11H8ClN3O3. The molecule has 0 aliphatic heterocycles. The highest BCUT2D eigenvalue weighted by Crippen LogP contribution is 2.27. The Labute approximate surface area is 107 Å². The number of aromatic nitrogens is 2. The molecule has 0 aliphatic carbocycles. The van der Waals surface area contributed by atoms with Gasteiger partial charge in [-0.1, -0.05) is 0 Å². The molecule has 18 heavy (non-hydrogen) atoms. The molecule has 0 aliphatic rings. The number of aryl methyl sites for hydroxylation is 1. The quantitative estimate of drug-likeness (QED) is 0.484. The molecular weight excluding hydrogens is 258 g/mol. The van der Waals surface area contributed by atoms with Crippen molar-refractivity contribution in [3.8, 4) is 11.6 Å². The maximum absolute atomic E-state index is 10.8. The predicted molar refractivity (Wildman–Crippen MR) is 64.9 cm³/mol. The SMILES string of the molecule is Cc1ccc(Oc2ccnc(Cl)n2)cc1[N+](=O)[O-]. The maximum atomic E-state index is 10.8. The lowest BCUT2D eigenvalue weighted by Crippen LogP contribution is -1.94. The van der Waals surface area contributed by atoms with Gasteiger partial charge in [-0.25, -0.2) is 4.98 Å². The van der Waals surface area contributed by atoms with Crippen molar-refractivity contribution in [2.75, 3.05) is 0 Å². The van der Waals surface area contributed by atoms with Gasteiger partial charge in [-0.3, -0.25) is 10.1 Å². The summed E-state index contributed by atoms with van der Waals surface area (Å²) in [7, 11) is 0. The normalized spacial score (nSPS) is 10.1. The molecule has 92 valence electrons. The van der Waals surface area contributed by atoms with E-state index in [1.165, 1.54) is 18.3 Å². The smallest absolute Gasteiger partial charge is 0.276 e. The van der Waals surface area contributed by atoms with Gasteiger partial charge in [0.2, 0.25) is 11.2 Å². The Hall–Kier alpha value is -2.21. The minimum absolute atomic E-state index is 0.00680. The molecule has 6 nitrogen and oxygen atoms in total. The number of halogens is 1. The van der Waals surface area contributed by atoms with Crippen molar-refractivity contribution in [2.45, 2.75) is 6.92 Å². The molecule has 0 unspecified atom stereocenters. The first-order valence-corrected chi connectivity index (χ1v) is 5.35. The average molecular weight is 266 g/mol. The zero-order valence-corrected chi connectivity index (χ0v) is 10.1. The summed E-state index contributed by atoms with van der Waals surface area (Å²) in [4.78, 5) is 17.9. The second-order valence-corrected chi connectivity index (χ2v) is 3.81. The molecule has 0 spiro atoms. The van der Waals surface area contributed by atoms with Crippen LogP contribution in [0.3, 0.4) is 0 Å². The summed E-state index contributed by atoms with van der Waals surface area (Å²) in [5, 5.41) is 10.8. The predicted octanol–water partition coefficient (Wildman–Crippen LogP) is 3.14. The maximum Gasteiger partial charge on any atom is 0.276 e. The van der Waals surface area contributed by atoms with Gasteiger partial charge in [0.05, 0.1) is 11.0 Å². The molecule has 0 fully saturated rings. The first-order chi connectivity index (χ1) is 8.56. The van der Waals surface area contributed by atoms with Gasteiger partial charge in [-0.05, 0) is 30.7 Å². The number of nitrogens with zero attached hydrogens (tertiary/aromatic N) is 3. The molecule has 1 aromatic carbocycles. The highest BCUT2D eigenvalue weighted by atomic mass is 35.5. The zero-order chi connectivity index (χ0) is 13.1. The second kappa shape index (κ2) is 4.97. The molecule has 0 amide bonds. The van der Waals surface area contributed by atoms with Crippen LogP contribution in [0.2, 0.25) is 5.28 Å². The summed E-state index contributed by atoms with van der Waals surface area (Å²) >= 11 is 5.61. The van der Waals surface area contributed by atoms with Crippen LogP contribution in [0, 0.1) is 17.0 Å². The molecule has 0 bridgehead atoms. The van der Waals surface area contributed by atoms with Crippen molar-refractivity contribution >= 4 is 17.3 Å². The van der Waals surface area contributed by atoms with Crippen LogP contribution in [0.4, 0.5) is 5.69 Å². The lowest BCUT2D eigenvalue weighted by atomic mass is 10.2. The van der Waals surface area contributed by atoms with Gasteiger partial charge in [0, 0.05) is 17.8 Å². The van der Waals surface area contributed by atoms with Crippen LogP contribution in [-0.4, -0.2) is 14.9 Å². The lowest BCUT2D eigenvalue weighted by molar-refractivity contribution is -0.385. The summed E-state index contributed by atoms with van der Waals surface area (Å²) < 4.78 is 5.36. The monoisotopic (exact) mass is 265 g/mol. The highest BCUT2D eigenvalue weighted by molar-refractivity contribution is 6.28. The van der Waals surface area contributed by atoms with Crippen molar-refractivity contribution in [2.24, 2.45) is 0 Å². The van der Waals surface area contributed by atoms with Crippen LogP contribution in [0.5, 0.6) is 11.6 Å². The van der Waals surface area contributed by atoms with E-state index < -0.39 is 4.92 Å². The third-order valence-corrected chi connectivity index (χ3v) is 2.38. The van der Waals surface area contributed by atoms with Crippen LogP contribution in [0.25, 0.3) is 0 Å². The highest BCUT2D eigenvalue weighted by Gasteiger charge is 2.12. The Bertz CT molecular complexity index is 604. The van der Waals surface area contributed by atoms with E-state index in [1.807, 2.05) is 0 Å². The largest absolute Gasteiger partial charge is 0.439 e. The molecule has 7 heteroatoms. The third-order valence-electron chi connectivity index (χ3n) is 2.20. The van der Waals surface area contributed by atoms with Crippen molar-refractivity contribution in [1.29, 1.82) is 0 Å². The van der Waals surface area contributed by atoms with E-state index in [2.05, 4.69) is 9.97 Å². The third kappa shape index (κ3) is 2.72. The minimum Gasteiger partial charge on any atom is -0.439 e. The van der Waals surface area contributed by atoms with Crippen LogP contribution in [0.15, 0.2) is 30.5 Å². The van der Waals surface area contributed by atoms with Crippen LogP contribution in [0.1, 0.15) is 5.56 Å². The topological polar surface area (TPSA) is 78.2 Å². The zero-order valence-electron chi connectivity index (χ0n) is 9.33. The van der Waals surface area contributed by atoms with E-state index in [-0.39, 0.29) is 16.9 Å². The van der Waals surface area contributed by atoms with Crippen LogP contribution < -0.4 is 4.74 Å². The van der Waals surface area contributed by atoms with Crippen molar-refractivity contribution in [3.05, 3.63) is 51.4 Å². The molecule has 0 saturated heterocycles. The second-order valence-electron chi connectivity index (χ2n) is 3.47. The molecule has 1 aromatic heterocycles. The van der Waals surface area contributed by atoms with E-state index in [1.54, 1.807) is 19.1 Å². The van der Waals surface area contributed by atoms with Crippen molar-refractivity contribution < 1.29 is 9.66 Å². The van der Waals surface area contributed by atoms with E-state index in [4.69, 9.17) is 16.3 Å². The Balaban J connectivity index is 2.30. The Morgan fingerprint density at radius 2 is 2.17 bits per heavy atom. The Morgan fingerprint density at radius 1 is 1.39 bits per heavy atom. The number of hydrogen-bond acceptors (Lipinski definition) is 5. The first-order valence-electron chi connectivity index (χ1n) is 4.98. The summed E-state index contributed by atoms with van der Waals surface area (Å²) in [6.07, 6.45) is 1.44. The van der Waals surface area contributed by atoms with Gasteiger partial charge in [0.1, 0.15) is 5.75 Å². The number of benzene rings is 1. The summed E-state index contributed by atoms with van der Waals surface area (Å²) in [6.45, 7) is 1.66. The standard InChI is InChI=1S/C11H8ClN3O3/c1-7-2-3-8(6-9(7)15(16)17)18-10-4-5-13-11(12)14-10/h2-6H,1H3. The number of hydrogen-bond donors (Lipinski definition) is 0. The van der Waals surface area contributed by atoms with Crippen LogP contribution in [-0.2, 0) is 0 Å². The Kier molecular flexibility index (Phi) is 3.38. The molecule has 2 rings (SSSR count). The van der Waals surface area contributed by atoms with Gasteiger partial charge in [0.15, 0.2) is 0 Å². The molecule has 1 heterocycles. The summed E-state index contributed by atoms with van der Waals surface area (Å²) in [5.41, 5.74) is 0.556. The molecule has 0 N–H and O–H groups in total. The molecule has 0 saturated carbocycles. The molecule has 0 atom stereocenters. The average Bonchev–Trinajstić information content (AvgIpc) is 2.31. The number of nitro benzene ring substituents is 1. The van der Waals surface area contributed by atoms with Gasteiger partial charge in [0.25, 0.3) is 5.69 Å². The fraction of sp³-hybridized carbons (Fsp3) is 0.0909. The van der Waals surface area contributed by atoms with E-state index in [0.717, 1.165) is 0 Å².